The molecule has 1 unspecified atom stereocenters. The molecule has 2 aliphatic heterocycles. The third-order valence-electron chi connectivity index (χ3n) is 8.29. The van der Waals surface area contributed by atoms with Gasteiger partial charge >= 0.3 is 0 Å². The molecule has 2 aliphatic rings. The van der Waals surface area contributed by atoms with E-state index >= 15 is 0 Å². The van der Waals surface area contributed by atoms with Crippen LogP contribution in [0.5, 0.6) is 0 Å². The van der Waals surface area contributed by atoms with Gasteiger partial charge in [0.05, 0.1) is 17.9 Å². The Morgan fingerprint density at radius 2 is 1.80 bits per heavy atom. The molecule has 3 heterocycles. The van der Waals surface area contributed by atoms with Gasteiger partial charge in [-0.2, -0.15) is 10.2 Å². The zero-order valence-corrected chi connectivity index (χ0v) is 26.5. The Kier molecular flexibility index (Phi) is 11.8. The molecular weight excluding hydrogens is 570 g/mol. The van der Waals surface area contributed by atoms with Crippen LogP contribution in [0.4, 0.5) is 11.4 Å². The minimum absolute atomic E-state index is 0.0459. The quantitative estimate of drug-likeness (QED) is 0.251. The van der Waals surface area contributed by atoms with Gasteiger partial charge in [-0.15, -0.1) is 0 Å². The van der Waals surface area contributed by atoms with Gasteiger partial charge in [0.2, 0.25) is 17.7 Å². The fourth-order valence-electron chi connectivity index (χ4n) is 5.66. The normalized spacial score (nSPS) is 16.5. The third-order valence-corrected chi connectivity index (χ3v) is 8.29. The summed E-state index contributed by atoms with van der Waals surface area (Å²) in [5.41, 5.74) is 19.1. The molecule has 1 aromatic heterocycles. The molecule has 3 amide bonds. The zero-order valence-electron chi connectivity index (χ0n) is 26.5. The molecule has 3 aromatic rings. The number of hydrogen-bond donors (Lipinski definition) is 4. The molecular formula is C33H45N9O3. The van der Waals surface area contributed by atoms with E-state index in [-0.39, 0.29) is 37.1 Å². The van der Waals surface area contributed by atoms with Crippen LogP contribution in [0.1, 0.15) is 49.7 Å². The highest BCUT2D eigenvalue weighted by Crippen LogP contribution is 2.26. The van der Waals surface area contributed by atoms with Gasteiger partial charge in [0, 0.05) is 58.5 Å². The lowest BCUT2D eigenvalue weighted by Crippen LogP contribution is -2.51. The van der Waals surface area contributed by atoms with Crippen molar-refractivity contribution in [2.24, 2.45) is 17.9 Å². The van der Waals surface area contributed by atoms with E-state index in [1.54, 1.807) is 18.0 Å². The van der Waals surface area contributed by atoms with E-state index in [0.717, 1.165) is 43.6 Å². The molecule has 0 radical (unpaired) electrons. The molecule has 5 N–H and O–H groups in total. The van der Waals surface area contributed by atoms with Crippen LogP contribution in [-0.2, 0) is 28.0 Å². The number of aromatic nitrogens is 2. The number of nitrogens with zero attached hydrogens (tertiary/aromatic N) is 5. The number of amides is 3. The fraction of sp³-hybridized carbons (Fsp3) is 0.455. The lowest BCUT2D eigenvalue weighted by molar-refractivity contribution is -0.140. The maximum Gasteiger partial charge on any atom is 0.243 e. The third kappa shape index (κ3) is 8.98. The number of aryl methyl sites for hydroxylation is 2. The fourth-order valence-corrected chi connectivity index (χ4v) is 5.66. The van der Waals surface area contributed by atoms with E-state index in [4.69, 9.17) is 11.3 Å². The smallest absolute Gasteiger partial charge is 0.243 e. The van der Waals surface area contributed by atoms with Crippen LogP contribution < -0.4 is 16.4 Å². The number of carbonyl (C=O) groups is 3. The highest BCUT2D eigenvalue weighted by molar-refractivity contribution is 5.90. The van der Waals surface area contributed by atoms with Gasteiger partial charge in [0.25, 0.3) is 0 Å². The monoisotopic (exact) mass is 615 g/mol. The van der Waals surface area contributed by atoms with Crippen LogP contribution in [0, 0.1) is 12.5 Å². The molecule has 2 saturated heterocycles. The molecule has 2 aromatic carbocycles. The SMILES string of the molecule is CNc1ccc(CNC(=O)C2CCCN2C(=O)[C@H](N)CCC(=O)N2CCCC2)cc1N=N.Cc1ccc(-c2cnn(C)c2)cc1. The van der Waals surface area contributed by atoms with E-state index in [9.17, 15) is 14.4 Å². The average Bonchev–Trinajstić information content (AvgIpc) is 3.85. The number of nitrogens with one attached hydrogen (secondary N) is 3. The van der Waals surface area contributed by atoms with E-state index in [0.29, 0.717) is 18.7 Å². The number of likely N-dealkylation sites (tertiary alicyclic amines) is 2. The number of rotatable bonds is 10. The van der Waals surface area contributed by atoms with E-state index < -0.39 is 12.1 Å². The standard InChI is InChI=1S/C22H33N7O3.C11H12N2/c1-25-17-8-6-15(13-18(17)27-24)14-26-21(31)19-5-4-12-29(19)22(32)16(23)7-9-20(30)28-10-2-3-11-28;1-9-3-5-10(6-4-9)11-7-12-13(2)8-11/h6,8,13,16,19,24-25H,2-5,7,9-12,14,23H2,1H3,(H,26,31);3-8H,1-2H3/t16-,19?;/m1./s1. The molecule has 12 heteroatoms. The summed E-state index contributed by atoms with van der Waals surface area (Å²) in [6.45, 7) is 4.42. The van der Waals surface area contributed by atoms with Crippen LogP contribution in [-0.4, -0.2) is 76.1 Å². The highest BCUT2D eigenvalue weighted by atomic mass is 16.2. The van der Waals surface area contributed by atoms with Crippen molar-refractivity contribution in [2.45, 2.75) is 64.1 Å². The summed E-state index contributed by atoms with van der Waals surface area (Å²) in [4.78, 5) is 41.3. The van der Waals surface area contributed by atoms with Gasteiger partial charge in [-0.1, -0.05) is 35.9 Å². The Hall–Kier alpha value is -4.58. The number of anilines is 1. The predicted molar refractivity (Wildman–Crippen MR) is 174 cm³/mol. The largest absolute Gasteiger partial charge is 0.386 e. The Morgan fingerprint density at radius 3 is 2.44 bits per heavy atom. The number of benzene rings is 2. The summed E-state index contributed by atoms with van der Waals surface area (Å²) < 4.78 is 1.81. The Labute approximate surface area is 264 Å². The minimum Gasteiger partial charge on any atom is -0.386 e. The second-order valence-corrected chi connectivity index (χ2v) is 11.6. The van der Waals surface area contributed by atoms with Crippen molar-refractivity contribution in [1.29, 1.82) is 5.53 Å². The van der Waals surface area contributed by atoms with Gasteiger partial charge in [0.1, 0.15) is 11.7 Å². The molecule has 2 fully saturated rings. The van der Waals surface area contributed by atoms with Crippen molar-refractivity contribution in [1.82, 2.24) is 24.9 Å². The maximum absolute atomic E-state index is 12.9. The maximum atomic E-state index is 12.9. The summed E-state index contributed by atoms with van der Waals surface area (Å²) in [5, 5.41) is 13.5. The minimum atomic E-state index is -0.787. The van der Waals surface area contributed by atoms with Gasteiger partial charge < -0.3 is 26.2 Å². The van der Waals surface area contributed by atoms with E-state index in [1.165, 1.54) is 16.7 Å². The Bertz CT molecular complexity index is 1460. The lowest BCUT2D eigenvalue weighted by atomic mass is 10.1. The van der Waals surface area contributed by atoms with Crippen LogP contribution in [0.3, 0.4) is 0 Å². The number of hydrogen-bond acceptors (Lipinski definition) is 8. The molecule has 45 heavy (non-hydrogen) atoms. The predicted octanol–water partition coefficient (Wildman–Crippen LogP) is 4.12. The van der Waals surface area contributed by atoms with E-state index in [2.05, 4.69) is 52.0 Å². The summed E-state index contributed by atoms with van der Waals surface area (Å²) in [6.07, 6.45) is 7.82. The Balaban J connectivity index is 0.000000293. The average molecular weight is 616 g/mol. The Morgan fingerprint density at radius 1 is 1.07 bits per heavy atom. The van der Waals surface area contributed by atoms with Crippen molar-refractivity contribution in [3.05, 3.63) is 66.0 Å². The first-order valence-corrected chi connectivity index (χ1v) is 15.6. The molecule has 240 valence electrons. The first-order chi connectivity index (χ1) is 21.7. The lowest BCUT2D eigenvalue weighted by Gasteiger charge is -2.27. The first kappa shape index (κ1) is 33.3. The topological polar surface area (TPSA) is 162 Å². The number of nitrogens with two attached hydrogens (primary N) is 1. The summed E-state index contributed by atoms with van der Waals surface area (Å²) in [7, 11) is 3.68. The van der Waals surface area contributed by atoms with Crippen LogP contribution in [0.25, 0.3) is 11.1 Å². The zero-order chi connectivity index (χ0) is 32.3. The van der Waals surface area contributed by atoms with Crippen molar-refractivity contribution >= 4 is 29.1 Å². The van der Waals surface area contributed by atoms with Gasteiger partial charge in [-0.3, -0.25) is 19.1 Å². The molecule has 0 bridgehead atoms. The van der Waals surface area contributed by atoms with E-state index in [1.807, 2.05) is 41.2 Å². The molecule has 12 nitrogen and oxygen atoms in total. The van der Waals surface area contributed by atoms with Crippen LogP contribution in [0.2, 0.25) is 0 Å². The molecule has 5 rings (SSSR count). The van der Waals surface area contributed by atoms with Crippen molar-refractivity contribution < 1.29 is 14.4 Å². The van der Waals surface area contributed by atoms with Crippen molar-refractivity contribution in [3.63, 3.8) is 0 Å². The van der Waals surface area contributed by atoms with Crippen molar-refractivity contribution in [2.75, 3.05) is 32.0 Å². The highest BCUT2D eigenvalue weighted by Gasteiger charge is 2.36. The molecule has 0 aliphatic carbocycles. The summed E-state index contributed by atoms with van der Waals surface area (Å²) in [6, 6.07) is 12.5. The van der Waals surface area contributed by atoms with Gasteiger partial charge in [0.15, 0.2) is 0 Å². The first-order valence-electron chi connectivity index (χ1n) is 15.6. The molecule has 0 spiro atoms. The number of carbonyl (C=O) groups excluding carboxylic acids is 3. The van der Waals surface area contributed by atoms with Crippen molar-refractivity contribution in [3.8, 4) is 11.1 Å². The van der Waals surface area contributed by atoms with Gasteiger partial charge in [-0.05, 0) is 62.3 Å². The second kappa shape index (κ2) is 15.9. The summed E-state index contributed by atoms with van der Waals surface area (Å²) >= 11 is 0. The van der Waals surface area contributed by atoms with Gasteiger partial charge in [-0.25, -0.2) is 5.53 Å². The molecule has 0 saturated carbocycles. The van der Waals surface area contributed by atoms with Crippen LogP contribution in [0.15, 0.2) is 60.0 Å². The second-order valence-electron chi connectivity index (χ2n) is 11.6. The molecule has 2 atom stereocenters. The summed E-state index contributed by atoms with van der Waals surface area (Å²) in [5.74, 6) is -0.451. The van der Waals surface area contributed by atoms with Crippen LogP contribution >= 0.6 is 0 Å².